The van der Waals surface area contributed by atoms with Crippen LogP contribution in [0.4, 0.5) is 0 Å². The summed E-state index contributed by atoms with van der Waals surface area (Å²) in [7, 11) is 0. The van der Waals surface area contributed by atoms with E-state index in [2.05, 4.69) is 10.6 Å². The van der Waals surface area contributed by atoms with Gasteiger partial charge in [0.1, 0.15) is 6.29 Å². The molecule has 2 amide bonds. The molecule has 5 heteroatoms. The lowest BCUT2D eigenvalue weighted by Gasteiger charge is -2.02. The number of hydrogen-bond donors (Lipinski definition) is 2. The van der Waals surface area contributed by atoms with Gasteiger partial charge in [0.05, 0.1) is 6.54 Å². The third kappa shape index (κ3) is 7.27. The average molecular weight is 200 g/mol. The standard InChI is InChI=1S/C9H16N2O3/c1-2-10-8(13)4-3-5-9(14)11-6-7-12/h7H,2-6H2,1H3,(H,10,13)(H,11,14). The molecule has 0 aliphatic rings. The van der Waals surface area contributed by atoms with Crippen LogP contribution in [0.2, 0.25) is 0 Å². The highest BCUT2D eigenvalue weighted by molar-refractivity contribution is 5.80. The largest absolute Gasteiger partial charge is 0.356 e. The highest BCUT2D eigenvalue weighted by Gasteiger charge is 2.03. The summed E-state index contributed by atoms with van der Waals surface area (Å²) in [6.45, 7) is 2.49. The van der Waals surface area contributed by atoms with Crippen molar-refractivity contribution in [2.24, 2.45) is 0 Å². The maximum absolute atomic E-state index is 10.9. The van der Waals surface area contributed by atoms with Crippen molar-refractivity contribution < 1.29 is 14.4 Å². The van der Waals surface area contributed by atoms with E-state index in [9.17, 15) is 14.4 Å². The van der Waals surface area contributed by atoms with Gasteiger partial charge in [-0.15, -0.1) is 0 Å². The summed E-state index contributed by atoms with van der Waals surface area (Å²) >= 11 is 0. The van der Waals surface area contributed by atoms with Gasteiger partial charge in [0.2, 0.25) is 11.8 Å². The zero-order valence-corrected chi connectivity index (χ0v) is 8.34. The summed E-state index contributed by atoms with van der Waals surface area (Å²) in [6, 6.07) is 0. The number of carbonyl (C=O) groups excluding carboxylic acids is 3. The van der Waals surface area contributed by atoms with E-state index in [1.54, 1.807) is 0 Å². The highest BCUT2D eigenvalue weighted by Crippen LogP contribution is 1.94. The van der Waals surface area contributed by atoms with E-state index in [-0.39, 0.29) is 24.8 Å². The van der Waals surface area contributed by atoms with E-state index >= 15 is 0 Å². The summed E-state index contributed by atoms with van der Waals surface area (Å²) in [5, 5.41) is 5.03. The molecule has 0 saturated heterocycles. The molecule has 0 fully saturated rings. The van der Waals surface area contributed by atoms with Gasteiger partial charge in [-0.1, -0.05) is 0 Å². The zero-order valence-electron chi connectivity index (χ0n) is 8.34. The van der Waals surface area contributed by atoms with Crippen LogP contribution in [0.1, 0.15) is 26.2 Å². The maximum atomic E-state index is 10.9. The monoisotopic (exact) mass is 200 g/mol. The van der Waals surface area contributed by atoms with Crippen molar-refractivity contribution in [3.8, 4) is 0 Å². The molecule has 5 nitrogen and oxygen atoms in total. The second kappa shape index (κ2) is 8.22. The molecular formula is C9H16N2O3. The lowest BCUT2D eigenvalue weighted by molar-refractivity contribution is -0.123. The Morgan fingerprint density at radius 3 is 2.21 bits per heavy atom. The topological polar surface area (TPSA) is 75.3 Å². The minimum absolute atomic E-state index is 0.0417. The van der Waals surface area contributed by atoms with E-state index in [1.807, 2.05) is 6.92 Å². The normalized spacial score (nSPS) is 9.21. The van der Waals surface area contributed by atoms with Crippen LogP contribution >= 0.6 is 0 Å². The fourth-order valence-electron chi connectivity index (χ4n) is 0.939. The van der Waals surface area contributed by atoms with Gasteiger partial charge in [-0.05, 0) is 13.3 Å². The van der Waals surface area contributed by atoms with Crippen molar-refractivity contribution in [1.29, 1.82) is 0 Å². The quantitative estimate of drug-likeness (QED) is 0.549. The Balaban J connectivity index is 3.39. The Morgan fingerprint density at radius 1 is 1.14 bits per heavy atom. The Kier molecular flexibility index (Phi) is 7.40. The van der Waals surface area contributed by atoms with Crippen LogP contribution in [0.25, 0.3) is 0 Å². The van der Waals surface area contributed by atoms with Crippen molar-refractivity contribution in [3.05, 3.63) is 0 Å². The molecule has 14 heavy (non-hydrogen) atoms. The Labute approximate surface area is 83.2 Å². The summed E-state index contributed by atoms with van der Waals surface area (Å²) in [4.78, 5) is 31.8. The predicted molar refractivity (Wildman–Crippen MR) is 51.6 cm³/mol. The van der Waals surface area contributed by atoms with Crippen LogP contribution in [0, 0.1) is 0 Å². The van der Waals surface area contributed by atoms with Crippen molar-refractivity contribution >= 4 is 18.1 Å². The minimum atomic E-state index is -0.193. The Hall–Kier alpha value is -1.39. The van der Waals surface area contributed by atoms with Gasteiger partial charge in [-0.2, -0.15) is 0 Å². The van der Waals surface area contributed by atoms with E-state index in [4.69, 9.17) is 0 Å². The molecule has 2 N–H and O–H groups in total. The molecule has 0 atom stereocenters. The average Bonchev–Trinajstić information content (AvgIpc) is 2.15. The fourth-order valence-corrected chi connectivity index (χ4v) is 0.939. The van der Waals surface area contributed by atoms with Gasteiger partial charge in [0.15, 0.2) is 0 Å². The molecule has 0 aliphatic carbocycles. The van der Waals surface area contributed by atoms with Gasteiger partial charge in [0, 0.05) is 19.4 Å². The van der Waals surface area contributed by atoms with Gasteiger partial charge < -0.3 is 15.4 Å². The summed E-state index contributed by atoms with van der Waals surface area (Å²) in [6.07, 6.45) is 1.77. The Morgan fingerprint density at radius 2 is 1.71 bits per heavy atom. The smallest absolute Gasteiger partial charge is 0.220 e. The van der Waals surface area contributed by atoms with Crippen molar-refractivity contribution in [3.63, 3.8) is 0 Å². The SMILES string of the molecule is CCNC(=O)CCCC(=O)NCC=O. The molecule has 0 aromatic carbocycles. The zero-order chi connectivity index (χ0) is 10.8. The van der Waals surface area contributed by atoms with Crippen LogP contribution in [0.5, 0.6) is 0 Å². The third-order valence-corrected chi connectivity index (χ3v) is 1.56. The number of amides is 2. The highest BCUT2D eigenvalue weighted by atomic mass is 16.2. The maximum Gasteiger partial charge on any atom is 0.220 e. The van der Waals surface area contributed by atoms with Crippen molar-refractivity contribution in [2.75, 3.05) is 13.1 Å². The second-order valence-corrected chi connectivity index (χ2v) is 2.78. The molecule has 0 rings (SSSR count). The number of carbonyl (C=O) groups is 3. The molecule has 0 aliphatic heterocycles. The molecule has 80 valence electrons. The van der Waals surface area contributed by atoms with Crippen LogP contribution in [0.15, 0.2) is 0 Å². The van der Waals surface area contributed by atoms with E-state index < -0.39 is 0 Å². The first-order valence-electron chi connectivity index (χ1n) is 4.67. The van der Waals surface area contributed by atoms with Crippen molar-refractivity contribution in [1.82, 2.24) is 10.6 Å². The van der Waals surface area contributed by atoms with Gasteiger partial charge in [0.25, 0.3) is 0 Å². The van der Waals surface area contributed by atoms with E-state index in [0.717, 1.165) is 0 Å². The second-order valence-electron chi connectivity index (χ2n) is 2.78. The number of aldehydes is 1. The minimum Gasteiger partial charge on any atom is -0.356 e. The van der Waals surface area contributed by atoms with Crippen LogP contribution in [-0.4, -0.2) is 31.2 Å². The lowest BCUT2D eigenvalue weighted by Crippen LogP contribution is -2.26. The van der Waals surface area contributed by atoms with E-state index in [1.165, 1.54) is 0 Å². The molecule has 0 aromatic heterocycles. The molecular weight excluding hydrogens is 184 g/mol. The molecule has 0 saturated carbocycles. The molecule has 0 aromatic rings. The molecule has 0 unspecified atom stereocenters. The summed E-state index contributed by atoms with van der Waals surface area (Å²) in [5.74, 6) is -0.239. The molecule has 0 spiro atoms. The van der Waals surface area contributed by atoms with Crippen molar-refractivity contribution in [2.45, 2.75) is 26.2 Å². The van der Waals surface area contributed by atoms with Gasteiger partial charge >= 0.3 is 0 Å². The number of hydrogen-bond acceptors (Lipinski definition) is 3. The predicted octanol–water partition coefficient (Wildman–Crippen LogP) is -0.392. The van der Waals surface area contributed by atoms with Crippen LogP contribution < -0.4 is 10.6 Å². The van der Waals surface area contributed by atoms with Gasteiger partial charge in [-0.3, -0.25) is 9.59 Å². The first kappa shape index (κ1) is 12.6. The van der Waals surface area contributed by atoms with E-state index in [0.29, 0.717) is 25.7 Å². The summed E-state index contributed by atoms with van der Waals surface area (Å²) < 4.78 is 0. The van der Waals surface area contributed by atoms with Gasteiger partial charge in [-0.25, -0.2) is 0 Å². The molecule has 0 bridgehead atoms. The third-order valence-electron chi connectivity index (χ3n) is 1.56. The molecule has 0 radical (unpaired) electrons. The number of rotatable bonds is 7. The first-order chi connectivity index (χ1) is 6.70. The fraction of sp³-hybridized carbons (Fsp3) is 0.667. The lowest BCUT2D eigenvalue weighted by atomic mass is 10.2. The molecule has 0 heterocycles. The number of nitrogens with one attached hydrogen (secondary N) is 2. The first-order valence-corrected chi connectivity index (χ1v) is 4.67. The summed E-state index contributed by atoms with van der Waals surface area (Å²) in [5.41, 5.74) is 0. The van der Waals surface area contributed by atoms with Crippen LogP contribution in [0.3, 0.4) is 0 Å². The Bertz CT molecular complexity index is 204. The van der Waals surface area contributed by atoms with Crippen LogP contribution in [-0.2, 0) is 14.4 Å².